The maximum atomic E-state index is 12.4. The third-order valence-electron chi connectivity index (χ3n) is 3.90. The van der Waals surface area contributed by atoms with Gasteiger partial charge in [0.25, 0.3) is 0 Å². The predicted octanol–water partition coefficient (Wildman–Crippen LogP) is -0.547. The lowest BCUT2D eigenvalue weighted by atomic mass is 10.2. The molecule has 0 aliphatic carbocycles. The molecule has 1 unspecified atom stereocenters. The van der Waals surface area contributed by atoms with Crippen molar-refractivity contribution >= 4 is 23.5 Å². The van der Waals surface area contributed by atoms with E-state index in [4.69, 9.17) is 4.74 Å². The first-order chi connectivity index (χ1) is 11.5. The summed E-state index contributed by atoms with van der Waals surface area (Å²) in [5.74, 6) is 0.0118. The average Bonchev–Trinajstić information content (AvgIpc) is 3.00. The fraction of sp³-hybridized carbons (Fsp3) is 0.600. The van der Waals surface area contributed by atoms with E-state index in [-0.39, 0.29) is 24.3 Å². The second kappa shape index (κ2) is 7.80. The molecule has 132 valence electrons. The SMILES string of the molecule is CN=C(NCC(C)C(=O)OC)N1CCN(c2cnn(C)c2)C(=O)C1. The van der Waals surface area contributed by atoms with Crippen LogP contribution < -0.4 is 10.2 Å². The second-order valence-corrected chi connectivity index (χ2v) is 5.69. The summed E-state index contributed by atoms with van der Waals surface area (Å²) in [6, 6.07) is 0. The van der Waals surface area contributed by atoms with E-state index in [9.17, 15) is 9.59 Å². The Balaban J connectivity index is 1.93. The highest BCUT2D eigenvalue weighted by Gasteiger charge is 2.28. The van der Waals surface area contributed by atoms with Crippen LogP contribution in [0.3, 0.4) is 0 Å². The van der Waals surface area contributed by atoms with Crippen LogP contribution in [0.1, 0.15) is 6.92 Å². The zero-order valence-electron chi connectivity index (χ0n) is 14.5. The maximum absolute atomic E-state index is 12.4. The van der Waals surface area contributed by atoms with E-state index in [0.29, 0.717) is 25.6 Å². The maximum Gasteiger partial charge on any atom is 0.310 e. The molecule has 1 atom stereocenters. The number of piperazine rings is 1. The minimum Gasteiger partial charge on any atom is -0.469 e. The van der Waals surface area contributed by atoms with E-state index in [2.05, 4.69) is 15.4 Å². The van der Waals surface area contributed by atoms with Crippen molar-refractivity contribution in [3.8, 4) is 0 Å². The normalized spacial score (nSPS) is 17.0. The number of ether oxygens (including phenoxy) is 1. The largest absolute Gasteiger partial charge is 0.469 e. The zero-order valence-corrected chi connectivity index (χ0v) is 14.5. The Bertz CT molecular complexity index is 626. The lowest BCUT2D eigenvalue weighted by Crippen LogP contribution is -2.55. The first-order valence-corrected chi connectivity index (χ1v) is 7.78. The van der Waals surface area contributed by atoms with Gasteiger partial charge in [0, 0.05) is 39.9 Å². The third kappa shape index (κ3) is 4.03. The van der Waals surface area contributed by atoms with Crippen molar-refractivity contribution in [1.82, 2.24) is 20.0 Å². The molecule has 24 heavy (non-hydrogen) atoms. The quantitative estimate of drug-likeness (QED) is 0.451. The Morgan fingerprint density at radius 3 is 2.79 bits per heavy atom. The number of hydrogen-bond donors (Lipinski definition) is 1. The Kier molecular flexibility index (Phi) is 5.78. The topological polar surface area (TPSA) is 92.1 Å². The Labute approximate surface area is 141 Å². The number of anilines is 1. The molecule has 1 N–H and O–H groups in total. The highest BCUT2D eigenvalue weighted by Crippen LogP contribution is 2.16. The van der Waals surface area contributed by atoms with Crippen LogP contribution in [0, 0.1) is 5.92 Å². The van der Waals surface area contributed by atoms with Crippen LogP contribution in [0.25, 0.3) is 0 Å². The van der Waals surface area contributed by atoms with Crippen LogP contribution in [-0.4, -0.2) is 72.9 Å². The van der Waals surface area contributed by atoms with Gasteiger partial charge < -0.3 is 19.9 Å². The molecular formula is C15H24N6O3. The fourth-order valence-corrected chi connectivity index (χ4v) is 2.54. The van der Waals surface area contributed by atoms with Crippen LogP contribution in [0.5, 0.6) is 0 Å². The molecule has 1 aromatic rings. The molecule has 1 amide bonds. The van der Waals surface area contributed by atoms with Crippen LogP contribution >= 0.6 is 0 Å². The van der Waals surface area contributed by atoms with Crippen molar-refractivity contribution in [2.45, 2.75) is 6.92 Å². The molecule has 9 heteroatoms. The molecule has 0 spiro atoms. The summed E-state index contributed by atoms with van der Waals surface area (Å²) < 4.78 is 6.37. The number of guanidine groups is 1. The molecule has 2 rings (SSSR count). The molecule has 0 radical (unpaired) electrons. The first kappa shape index (κ1) is 17.8. The lowest BCUT2D eigenvalue weighted by Gasteiger charge is -2.35. The highest BCUT2D eigenvalue weighted by atomic mass is 16.5. The number of amides is 1. The van der Waals surface area contributed by atoms with Crippen molar-refractivity contribution < 1.29 is 14.3 Å². The summed E-state index contributed by atoms with van der Waals surface area (Å²) in [5.41, 5.74) is 0.796. The molecule has 1 aliphatic heterocycles. The molecule has 2 heterocycles. The van der Waals surface area contributed by atoms with Crippen molar-refractivity contribution in [3.63, 3.8) is 0 Å². The second-order valence-electron chi connectivity index (χ2n) is 5.69. The van der Waals surface area contributed by atoms with Gasteiger partial charge in [-0.15, -0.1) is 0 Å². The van der Waals surface area contributed by atoms with Crippen molar-refractivity contribution in [3.05, 3.63) is 12.4 Å². The van der Waals surface area contributed by atoms with Gasteiger partial charge in [-0.05, 0) is 0 Å². The predicted molar refractivity (Wildman–Crippen MR) is 89.7 cm³/mol. The summed E-state index contributed by atoms with van der Waals surface area (Å²) in [7, 11) is 4.84. The van der Waals surface area contributed by atoms with Crippen molar-refractivity contribution in [2.24, 2.45) is 18.0 Å². The van der Waals surface area contributed by atoms with E-state index >= 15 is 0 Å². The zero-order chi connectivity index (χ0) is 17.7. The molecular weight excluding hydrogens is 312 g/mol. The third-order valence-corrected chi connectivity index (χ3v) is 3.90. The number of carbonyl (C=O) groups is 2. The molecule has 1 saturated heterocycles. The van der Waals surface area contributed by atoms with Gasteiger partial charge in [0.1, 0.15) is 6.54 Å². The lowest BCUT2D eigenvalue weighted by molar-refractivity contribution is -0.144. The Morgan fingerprint density at radius 1 is 1.50 bits per heavy atom. The Hall–Kier alpha value is -2.58. The molecule has 1 fully saturated rings. The van der Waals surface area contributed by atoms with Gasteiger partial charge in [-0.1, -0.05) is 6.92 Å². The highest BCUT2D eigenvalue weighted by molar-refractivity contribution is 5.98. The van der Waals surface area contributed by atoms with E-state index in [1.54, 1.807) is 29.7 Å². The monoisotopic (exact) mass is 336 g/mol. The summed E-state index contributed by atoms with van der Waals surface area (Å²) in [6.07, 6.45) is 3.50. The molecule has 0 aromatic carbocycles. The first-order valence-electron chi connectivity index (χ1n) is 7.78. The number of methoxy groups -OCH3 is 1. The van der Waals surface area contributed by atoms with Gasteiger partial charge in [0.2, 0.25) is 5.91 Å². The van der Waals surface area contributed by atoms with E-state index in [0.717, 1.165) is 5.69 Å². The van der Waals surface area contributed by atoms with Gasteiger partial charge in [-0.3, -0.25) is 19.3 Å². The minimum absolute atomic E-state index is 0.0155. The van der Waals surface area contributed by atoms with Crippen LogP contribution in [0.15, 0.2) is 17.4 Å². The fourth-order valence-electron chi connectivity index (χ4n) is 2.54. The molecule has 1 aliphatic rings. The van der Waals surface area contributed by atoms with Gasteiger partial charge in [0.05, 0.1) is 24.9 Å². The van der Waals surface area contributed by atoms with Crippen molar-refractivity contribution in [2.75, 3.05) is 45.2 Å². The van der Waals surface area contributed by atoms with E-state index < -0.39 is 0 Å². The van der Waals surface area contributed by atoms with Gasteiger partial charge in [0.15, 0.2) is 5.96 Å². The number of rotatable bonds is 4. The van der Waals surface area contributed by atoms with E-state index in [1.165, 1.54) is 7.11 Å². The number of hydrogen-bond acceptors (Lipinski definition) is 5. The van der Waals surface area contributed by atoms with E-state index in [1.807, 2.05) is 18.1 Å². The molecule has 9 nitrogen and oxygen atoms in total. The van der Waals surface area contributed by atoms with Gasteiger partial charge in [-0.2, -0.15) is 5.10 Å². The van der Waals surface area contributed by atoms with Gasteiger partial charge >= 0.3 is 5.97 Å². The molecule has 0 bridgehead atoms. The summed E-state index contributed by atoms with van der Waals surface area (Å²) in [5, 5.41) is 7.22. The number of aromatic nitrogens is 2. The minimum atomic E-state index is -0.292. The van der Waals surface area contributed by atoms with Gasteiger partial charge in [-0.25, -0.2) is 0 Å². The number of aliphatic imine (C=N–C) groups is 1. The Morgan fingerprint density at radius 2 is 2.25 bits per heavy atom. The standard InChI is InChI=1S/C15H24N6O3/c1-11(14(23)24-4)7-17-15(16-2)20-5-6-21(13(22)10-20)12-8-18-19(3)9-12/h8-9,11H,5-7,10H2,1-4H3,(H,16,17). The number of carbonyl (C=O) groups excluding carboxylic acids is 2. The molecule has 0 saturated carbocycles. The smallest absolute Gasteiger partial charge is 0.310 e. The number of nitrogens with one attached hydrogen (secondary N) is 1. The summed E-state index contributed by atoms with van der Waals surface area (Å²) in [4.78, 5) is 31.7. The number of nitrogens with zero attached hydrogens (tertiary/aromatic N) is 5. The molecule has 1 aromatic heterocycles. The van der Waals surface area contributed by atoms with Crippen LogP contribution in [0.2, 0.25) is 0 Å². The summed E-state index contributed by atoms with van der Waals surface area (Å²) in [6.45, 7) is 3.60. The van der Waals surface area contributed by atoms with Crippen LogP contribution in [-0.2, 0) is 21.4 Å². The average molecular weight is 336 g/mol. The number of aryl methyl sites for hydroxylation is 1. The van der Waals surface area contributed by atoms with Crippen LogP contribution in [0.4, 0.5) is 5.69 Å². The van der Waals surface area contributed by atoms with Crippen molar-refractivity contribution in [1.29, 1.82) is 0 Å². The summed E-state index contributed by atoms with van der Waals surface area (Å²) >= 11 is 0. The number of esters is 1.